The number of carbonyl (C=O) groups excluding carboxylic acids is 1. The first kappa shape index (κ1) is 12.3. The molecule has 0 unspecified atom stereocenters. The van der Waals surface area contributed by atoms with Gasteiger partial charge >= 0.3 is 0 Å². The molecule has 0 spiro atoms. The Hall–Kier alpha value is -1.15. The van der Waals surface area contributed by atoms with Crippen molar-refractivity contribution < 1.29 is 9.53 Å². The molecule has 2 heteroatoms. The smallest absolute Gasteiger partial charge is 0.132 e. The number of benzene rings is 1. The monoisotopic (exact) mass is 232 g/mol. The average Bonchev–Trinajstić information content (AvgIpc) is 2.33. The van der Waals surface area contributed by atoms with Crippen LogP contribution >= 0.6 is 0 Å². The van der Waals surface area contributed by atoms with Crippen LogP contribution in [-0.2, 0) is 16.1 Å². The van der Waals surface area contributed by atoms with Crippen molar-refractivity contribution in [1.82, 2.24) is 0 Å². The molecule has 2 nitrogen and oxygen atoms in total. The van der Waals surface area contributed by atoms with Crippen LogP contribution in [0, 0.1) is 0 Å². The van der Waals surface area contributed by atoms with E-state index in [4.69, 9.17) is 4.74 Å². The van der Waals surface area contributed by atoms with Gasteiger partial charge in [0.1, 0.15) is 5.78 Å². The highest BCUT2D eigenvalue weighted by Crippen LogP contribution is 2.19. The fourth-order valence-electron chi connectivity index (χ4n) is 2.28. The van der Waals surface area contributed by atoms with Crippen molar-refractivity contribution in [2.24, 2.45) is 0 Å². The molecule has 0 aromatic heterocycles. The summed E-state index contributed by atoms with van der Waals surface area (Å²) in [5.41, 5.74) is 1.23. The van der Waals surface area contributed by atoms with E-state index in [1.54, 1.807) is 0 Å². The summed E-state index contributed by atoms with van der Waals surface area (Å²) < 4.78 is 5.93. The molecule has 0 radical (unpaired) electrons. The molecule has 0 N–H and O–H groups in total. The first-order valence-corrected chi connectivity index (χ1v) is 6.52. The second-order valence-corrected chi connectivity index (χ2v) is 4.74. The number of Topliss-reactive ketones (excluding diaryl/α,β-unsaturated/α-hetero) is 1. The van der Waals surface area contributed by atoms with Crippen molar-refractivity contribution in [2.45, 2.75) is 51.2 Å². The number of ether oxygens (including phenoxy) is 1. The first-order chi connectivity index (χ1) is 8.34. The van der Waals surface area contributed by atoms with Crippen LogP contribution in [-0.4, -0.2) is 11.9 Å². The van der Waals surface area contributed by atoms with Crippen molar-refractivity contribution in [3.05, 3.63) is 35.9 Å². The second kappa shape index (κ2) is 6.55. The van der Waals surface area contributed by atoms with E-state index in [0.717, 1.165) is 38.5 Å². The molecule has 0 atom stereocenters. The largest absolute Gasteiger partial charge is 0.374 e. The Balaban J connectivity index is 1.77. The molecule has 0 saturated heterocycles. The summed E-state index contributed by atoms with van der Waals surface area (Å²) in [7, 11) is 0. The summed E-state index contributed by atoms with van der Waals surface area (Å²) in [6, 6.07) is 10.3. The lowest BCUT2D eigenvalue weighted by atomic mass is 9.98. The maximum absolute atomic E-state index is 11.3. The van der Waals surface area contributed by atoms with E-state index < -0.39 is 0 Å². The van der Waals surface area contributed by atoms with Gasteiger partial charge in [0.2, 0.25) is 0 Å². The lowest BCUT2D eigenvalue weighted by molar-refractivity contribution is -0.120. The minimum atomic E-state index is 0.336. The number of hydrogen-bond acceptors (Lipinski definition) is 2. The zero-order chi connectivity index (χ0) is 11.9. The Labute approximate surface area is 103 Å². The number of hydrogen-bond donors (Lipinski definition) is 0. The molecule has 1 saturated carbocycles. The van der Waals surface area contributed by atoms with Gasteiger partial charge in [-0.25, -0.2) is 0 Å². The molecule has 1 aliphatic carbocycles. The van der Waals surface area contributed by atoms with Gasteiger partial charge in [-0.1, -0.05) is 30.3 Å². The zero-order valence-electron chi connectivity index (χ0n) is 10.2. The Morgan fingerprint density at radius 2 is 1.71 bits per heavy atom. The Kier molecular flexibility index (Phi) is 4.75. The van der Waals surface area contributed by atoms with Gasteiger partial charge in [-0.05, 0) is 31.2 Å². The Bertz CT molecular complexity index is 333. The maximum Gasteiger partial charge on any atom is 0.132 e. The van der Waals surface area contributed by atoms with Crippen LogP contribution in [0.5, 0.6) is 0 Å². The molecule has 1 aliphatic rings. The minimum absolute atomic E-state index is 0.336. The topological polar surface area (TPSA) is 26.3 Å². The average molecular weight is 232 g/mol. The molecule has 17 heavy (non-hydrogen) atoms. The number of ketones is 1. The summed E-state index contributed by atoms with van der Waals surface area (Å²) >= 11 is 0. The molecule has 2 rings (SSSR count). The van der Waals surface area contributed by atoms with E-state index in [9.17, 15) is 4.79 Å². The van der Waals surface area contributed by atoms with Crippen molar-refractivity contribution in [3.8, 4) is 0 Å². The molecular formula is C15H20O2. The predicted molar refractivity (Wildman–Crippen MR) is 67.7 cm³/mol. The van der Waals surface area contributed by atoms with E-state index in [-0.39, 0.29) is 0 Å². The predicted octanol–water partition coefficient (Wildman–Crippen LogP) is 3.50. The maximum atomic E-state index is 11.3. The van der Waals surface area contributed by atoms with Crippen LogP contribution < -0.4 is 0 Å². The van der Waals surface area contributed by atoms with Gasteiger partial charge in [-0.3, -0.25) is 4.79 Å². The summed E-state index contributed by atoms with van der Waals surface area (Å²) in [5, 5.41) is 0. The van der Waals surface area contributed by atoms with E-state index in [2.05, 4.69) is 12.1 Å². The number of rotatable bonds is 3. The molecule has 92 valence electrons. The lowest BCUT2D eigenvalue weighted by Crippen LogP contribution is -2.16. The quantitative estimate of drug-likeness (QED) is 0.797. The molecule has 1 aromatic rings. The van der Waals surface area contributed by atoms with Gasteiger partial charge in [-0.15, -0.1) is 0 Å². The van der Waals surface area contributed by atoms with Gasteiger partial charge in [-0.2, -0.15) is 0 Å². The SMILES string of the molecule is O=C1CCCC(OCc2ccccc2)CCC1. The standard InChI is InChI=1S/C15H20O2/c16-14-8-4-10-15(11-5-9-14)17-12-13-6-2-1-3-7-13/h1-3,6-7,15H,4-5,8-12H2. The fraction of sp³-hybridized carbons (Fsp3) is 0.533. The Morgan fingerprint density at radius 3 is 2.35 bits per heavy atom. The highest BCUT2D eigenvalue weighted by atomic mass is 16.5. The van der Waals surface area contributed by atoms with Crippen LogP contribution in [0.25, 0.3) is 0 Å². The first-order valence-electron chi connectivity index (χ1n) is 6.52. The molecule has 1 fully saturated rings. The number of carbonyl (C=O) groups is 1. The van der Waals surface area contributed by atoms with Crippen molar-refractivity contribution in [2.75, 3.05) is 0 Å². The van der Waals surface area contributed by atoms with Gasteiger partial charge in [0.25, 0.3) is 0 Å². The van der Waals surface area contributed by atoms with Crippen LogP contribution in [0.15, 0.2) is 30.3 Å². The van der Waals surface area contributed by atoms with E-state index in [1.807, 2.05) is 18.2 Å². The second-order valence-electron chi connectivity index (χ2n) is 4.74. The summed E-state index contributed by atoms with van der Waals surface area (Å²) in [4.78, 5) is 11.3. The zero-order valence-corrected chi connectivity index (χ0v) is 10.2. The molecule has 0 amide bonds. The highest BCUT2D eigenvalue weighted by Gasteiger charge is 2.14. The van der Waals surface area contributed by atoms with E-state index in [1.165, 1.54) is 5.56 Å². The third-order valence-corrected chi connectivity index (χ3v) is 3.29. The van der Waals surface area contributed by atoms with Crippen LogP contribution in [0.4, 0.5) is 0 Å². The van der Waals surface area contributed by atoms with Crippen LogP contribution in [0.3, 0.4) is 0 Å². The lowest BCUT2D eigenvalue weighted by Gasteiger charge is -2.19. The normalized spacial score (nSPS) is 18.7. The van der Waals surface area contributed by atoms with Crippen LogP contribution in [0.1, 0.15) is 44.1 Å². The van der Waals surface area contributed by atoms with Gasteiger partial charge in [0.05, 0.1) is 12.7 Å². The minimum Gasteiger partial charge on any atom is -0.374 e. The molecular weight excluding hydrogens is 212 g/mol. The van der Waals surface area contributed by atoms with Crippen molar-refractivity contribution in [3.63, 3.8) is 0 Å². The van der Waals surface area contributed by atoms with Gasteiger partial charge in [0, 0.05) is 12.8 Å². The van der Waals surface area contributed by atoms with Crippen LogP contribution in [0.2, 0.25) is 0 Å². The van der Waals surface area contributed by atoms with Crippen molar-refractivity contribution >= 4 is 5.78 Å². The summed E-state index contributed by atoms with van der Waals surface area (Å²) in [6.07, 6.45) is 5.84. The molecule has 0 aliphatic heterocycles. The Morgan fingerprint density at radius 1 is 1.06 bits per heavy atom. The molecule has 0 bridgehead atoms. The van der Waals surface area contributed by atoms with Gasteiger partial charge in [0.15, 0.2) is 0 Å². The summed E-state index contributed by atoms with van der Waals surface area (Å²) in [6.45, 7) is 0.694. The van der Waals surface area contributed by atoms with E-state index in [0.29, 0.717) is 18.5 Å². The van der Waals surface area contributed by atoms with Gasteiger partial charge < -0.3 is 4.74 Å². The third kappa shape index (κ3) is 4.31. The molecule has 1 aromatic carbocycles. The fourth-order valence-corrected chi connectivity index (χ4v) is 2.28. The van der Waals surface area contributed by atoms with Crippen molar-refractivity contribution in [1.29, 1.82) is 0 Å². The highest BCUT2D eigenvalue weighted by molar-refractivity contribution is 5.78. The third-order valence-electron chi connectivity index (χ3n) is 3.29. The summed E-state index contributed by atoms with van der Waals surface area (Å²) in [5.74, 6) is 0.423. The van der Waals surface area contributed by atoms with E-state index >= 15 is 0 Å². The molecule has 0 heterocycles.